The van der Waals surface area contributed by atoms with Crippen LogP contribution in [-0.2, 0) is 11.8 Å². The Morgan fingerprint density at radius 2 is 2.06 bits per heavy atom. The van der Waals surface area contributed by atoms with Gasteiger partial charge in [-0.2, -0.15) is 5.10 Å². The minimum absolute atomic E-state index is 0.0287. The van der Waals surface area contributed by atoms with Crippen LogP contribution in [0.4, 0.5) is 0 Å². The molecule has 0 amide bonds. The van der Waals surface area contributed by atoms with E-state index in [0.29, 0.717) is 16.6 Å². The summed E-state index contributed by atoms with van der Waals surface area (Å²) in [6, 6.07) is 0. The number of ether oxygens (including phenoxy) is 1. The van der Waals surface area contributed by atoms with Gasteiger partial charge in [0.15, 0.2) is 0 Å². The zero-order valence-corrected chi connectivity index (χ0v) is 11.3. The Morgan fingerprint density at radius 3 is 2.47 bits per heavy atom. The van der Waals surface area contributed by atoms with Crippen molar-refractivity contribution in [2.45, 2.75) is 39.1 Å². The Labute approximate surface area is 107 Å². The molecule has 1 aliphatic heterocycles. The molecular formula is C12H19ClN2O2. The van der Waals surface area contributed by atoms with Gasteiger partial charge in [0.25, 0.3) is 0 Å². The SMILES string of the molecule is CC1OC(C)C(C(O)c2c(Cl)cnn2C)C1C. The highest BCUT2D eigenvalue weighted by atomic mass is 35.5. The number of aryl methyl sites for hydroxylation is 1. The maximum Gasteiger partial charge on any atom is 0.103 e. The lowest BCUT2D eigenvalue weighted by Crippen LogP contribution is -2.26. The first kappa shape index (κ1) is 12.9. The monoisotopic (exact) mass is 258 g/mol. The van der Waals surface area contributed by atoms with E-state index in [-0.39, 0.29) is 18.1 Å². The Hall–Kier alpha value is -0.580. The van der Waals surface area contributed by atoms with Gasteiger partial charge in [-0.05, 0) is 19.8 Å². The first-order valence-corrected chi connectivity index (χ1v) is 6.32. The van der Waals surface area contributed by atoms with Gasteiger partial charge in [-0.1, -0.05) is 18.5 Å². The predicted molar refractivity (Wildman–Crippen MR) is 65.8 cm³/mol. The van der Waals surface area contributed by atoms with Gasteiger partial charge in [-0.15, -0.1) is 0 Å². The number of aromatic nitrogens is 2. The Balaban J connectivity index is 2.29. The number of aliphatic hydroxyl groups is 1. The highest BCUT2D eigenvalue weighted by molar-refractivity contribution is 6.31. The molecule has 2 rings (SSSR count). The molecule has 96 valence electrons. The van der Waals surface area contributed by atoms with Crippen LogP contribution in [0.5, 0.6) is 0 Å². The fraction of sp³-hybridized carbons (Fsp3) is 0.750. The highest BCUT2D eigenvalue weighted by Gasteiger charge is 2.43. The van der Waals surface area contributed by atoms with Crippen LogP contribution < -0.4 is 0 Å². The molecule has 2 heterocycles. The number of hydrogen-bond acceptors (Lipinski definition) is 3. The molecule has 0 saturated carbocycles. The molecule has 1 fully saturated rings. The molecule has 5 atom stereocenters. The van der Waals surface area contributed by atoms with Crippen molar-refractivity contribution in [1.29, 1.82) is 0 Å². The van der Waals surface area contributed by atoms with Crippen molar-refractivity contribution in [3.63, 3.8) is 0 Å². The lowest BCUT2D eigenvalue weighted by Gasteiger charge is -2.25. The van der Waals surface area contributed by atoms with Gasteiger partial charge < -0.3 is 9.84 Å². The van der Waals surface area contributed by atoms with Crippen LogP contribution in [0.1, 0.15) is 32.6 Å². The van der Waals surface area contributed by atoms with E-state index < -0.39 is 6.10 Å². The van der Waals surface area contributed by atoms with Crippen LogP contribution in [0.25, 0.3) is 0 Å². The molecule has 0 aliphatic carbocycles. The average molecular weight is 259 g/mol. The summed E-state index contributed by atoms with van der Waals surface area (Å²) < 4.78 is 7.39. The second-order valence-electron chi connectivity index (χ2n) is 4.93. The molecule has 1 aliphatic rings. The Bertz CT molecular complexity index is 388. The molecule has 0 aromatic carbocycles. The molecule has 1 aromatic heterocycles. The van der Waals surface area contributed by atoms with E-state index >= 15 is 0 Å². The van der Waals surface area contributed by atoms with Gasteiger partial charge in [-0.25, -0.2) is 0 Å². The van der Waals surface area contributed by atoms with E-state index in [4.69, 9.17) is 16.3 Å². The number of aliphatic hydroxyl groups excluding tert-OH is 1. The molecule has 5 unspecified atom stereocenters. The number of hydrogen-bond donors (Lipinski definition) is 1. The highest BCUT2D eigenvalue weighted by Crippen LogP contribution is 2.41. The molecule has 17 heavy (non-hydrogen) atoms. The zero-order chi connectivity index (χ0) is 12.7. The quantitative estimate of drug-likeness (QED) is 0.884. The summed E-state index contributed by atoms with van der Waals surface area (Å²) in [4.78, 5) is 0. The van der Waals surface area contributed by atoms with E-state index in [1.807, 2.05) is 13.8 Å². The van der Waals surface area contributed by atoms with E-state index in [2.05, 4.69) is 12.0 Å². The number of halogens is 1. The van der Waals surface area contributed by atoms with Gasteiger partial charge in [0, 0.05) is 13.0 Å². The van der Waals surface area contributed by atoms with Crippen LogP contribution in [-0.4, -0.2) is 27.1 Å². The standard InChI is InChI=1S/C12H19ClN2O2/c1-6-7(2)17-8(3)10(6)12(16)11-9(13)5-14-15(11)4/h5-8,10,12,16H,1-4H3. The van der Waals surface area contributed by atoms with E-state index in [0.717, 1.165) is 0 Å². The number of rotatable bonds is 2. The molecule has 5 heteroatoms. The van der Waals surface area contributed by atoms with Crippen molar-refractivity contribution in [1.82, 2.24) is 9.78 Å². The van der Waals surface area contributed by atoms with Crippen LogP contribution in [0, 0.1) is 11.8 Å². The largest absolute Gasteiger partial charge is 0.386 e. The van der Waals surface area contributed by atoms with Crippen LogP contribution in [0.3, 0.4) is 0 Å². The minimum Gasteiger partial charge on any atom is -0.386 e. The summed E-state index contributed by atoms with van der Waals surface area (Å²) in [5.74, 6) is 0.351. The van der Waals surface area contributed by atoms with E-state index in [9.17, 15) is 5.11 Å². The first-order chi connectivity index (χ1) is 7.93. The third-order valence-electron chi connectivity index (χ3n) is 3.90. The molecule has 1 N–H and O–H groups in total. The topological polar surface area (TPSA) is 47.3 Å². The molecule has 1 saturated heterocycles. The fourth-order valence-electron chi connectivity index (χ4n) is 2.77. The number of nitrogens with zero attached hydrogens (tertiary/aromatic N) is 2. The minimum atomic E-state index is -0.634. The second kappa shape index (κ2) is 4.59. The average Bonchev–Trinajstić information content (AvgIpc) is 2.69. The maximum absolute atomic E-state index is 10.5. The van der Waals surface area contributed by atoms with Crippen LogP contribution in [0.2, 0.25) is 5.02 Å². The predicted octanol–water partition coefficient (Wildman–Crippen LogP) is 2.17. The Kier molecular flexibility index (Phi) is 3.48. The van der Waals surface area contributed by atoms with Crippen molar-refractivity contribution in [2.24, 2.45) is 18.9 Å². The third-order valence-corrected chi connectivity index (χ3v) is 4.19. The van der Waals surface area contributed by atoms with Gasteiger partial charge in [0.05, 0.1) is 29.1 Å². The lowest BCUT2D eigenvalue weighted by atomic mass is 9.84. The molecule has 1 aromatic rings. The smallest absolute Gasteiger partial charge is 0.103 e. The van der Waals surface area contributed by atoms with E-state index in [1.165, 1.54) is 0 Å². The van der Waals surface area contributed by atoms with E-state index in [1.54, 1.807) is 17.9 Å². The molecular weight excluding hydrogens is 240 g/mol. The van der Waals surface area contributed by atoms with Crippen molar-refractivity contribution >= 4 is 11.6 Å². The normalized spacial score (nSPS) is 35.2. The van der Waals surface area contributed by atoms with Crippen molar-refractivity contribution in [3.05, 3.63) is 16.9 Å². The summed E-state index contributed by atoms with van der Waals surface area (Å²) in [6.07, 6.45) is 1.12. The summed E-state index contributed by atoms with van der Waals surface area (Å²) >= 11 is 6.07. The molecule has 0 radical (unpaired) electrons. The van der Waals surface area contributed by atoms with Crippen molar-refractivity contribution in [2.75, 3.05) is 0 Å². The molecule has 0 spiro atoms. The first-order valence-electron chi connectivity index (χ1n) is 5.94. The molecule has 0 bridgehead atoms. The van der Waals surface area contributed by atoms with Crippen molar-refractivity contribution < 1.29 is 9.84 Å². The summed E-state index contributed by atoms with van der Waals surface area (Å²) in [5.41, 5.74) is 0.674. The van der Waals surface area contributed by atoms with Crippen molar-refractivity contribution in [3.8, 4) is 0 Å². The second-order valence-corrected chi connectivity index (χ2v) is 5.34. The van der Waals surface area contributed by atoms with Gasteiger partial charge in [-0.3, -0.25) is 4.68 Å². The van der Waals surface area contributed by atoms with Gasteiger partial charge in [0.2, 0.25) is 0 Å². The van der Waals surface area contributed by atoms with Crippen LogP contribution in [0.15, 0.2) is 6.20 Å². The van der Waals surface area contributed by atoms with Gasteiger partial charge >= 0.3 is 0 Å². The van der Waals surface area contributed by atoms with Crippen LogP contribution >= 0.6 is 11.6 Å². The maximum atomic E-state index is 10.5. The zero-order valence-electron chi connectivity index (χ0n) is 10.6. The lowest BCUT2D eigenvalue weighted by molar-refractivity contribution is 0.0206. The summed E-state index contributed by atoms with van der Waals surface area (Å²) in [5, 5.41) is 15.1. The summed E-state index contributed by atoms with van der Waals surface area (Å²) in [6.45, 7) is 6.14. The fourth-order valence-corrected chi connectivity index (χ4v) is 3.05. The Morgan fingerprint density at radius 1 is 1.41 bits per heavy atom. The third kappa shape index (κ3) is 2.09. The molecule has 4 nitrogen and oxygen atoms in total. The summed E-state index contributed by atoms with van der Waals surface area (Å²) in [7, 11) is 1.79. The van der Waals surface area contributed by atoms with Gasteiger partial charge in [0.1, 0.15) is 6.10 Å².